The number of halogens is 3. The lowest BCUT2D eigenvalue weighted by Crippen LogP contribution is -2.15. The van der Waals surface area contributed by atoms with Crippen LogP contribution in [0, 0.1) is 0 Å². The average Bonchev–Trinajstić information content (AvgIpc) is 2.42. The highest BCUT2D eigenvalue weighted by Crippen LogP contribution is 2.26. The number of nitrogen functional groups attached to an aromatic ring is 1. The second-order valence-electron chi connectivity index (χ2n) is 4.06. The van der Waals surface area contributed by atoms with Crippen molar-refractivity contribution in [3.8, 4) is 5.75 Å². The Morgan fingerprint density at radius 3 is 2.62 bits per heavy atom. The number of nitrogens with one attached hydrogen (secondary N) is 1. The fraction of sp³-hybridized carbons (Fsp3) is 0.0714. The molecule has 0 aliphatic carbocycles. The smallest absolute Gasteiger partial charge is 0.387 e. The second kappa shape index (κ2) is 6.53. The number of benzene rings is 2. The first-order valence-electron chi connectivity index (χ1n) is 5.87. The van der Waals surface area contributed by atoms with Gasteiger partial charge in [-0.1, -0.05) is 28.1 Å². The van der Waals surface area contributed by atoms with Gasteiger partial charge in [-0.25, -0.2) is 0 Å². The monoisotopic (exact) mass is 356 g/mol. The van der Waals surface area contributed by atoms with Crippen molar-refractivity contribution in [1.82, 2.24) is 0 Å². The van der Waals surface area contributed by atoms with Gasteiger partial charge in [-0.05, 0) is 30.3 Å². The van der Waals surface area contributed by atoms with E-state index in [9.17, 15) is 13.6 Å². The Labute approximate surface area is 128 Å². The maximum Gasteiger partial charge on any atom is 0.387 e. The van der Waals surface area contributed by atoms with Gasteiger partial charge in [0, 0.05) is 4.47 Å². The maximum atomic E-state index is 12.3. The molecule has 0 saturated carbocycles. The predicted molar refractivity (Wildman–Crippen MR) is 79.6 cm³/mol. The number of carbonyl (C=O) groups is 1. The molecule has 4 nitrogen and oxygen atoms in total. The quantitative estimate of drug-likeness (QED) is 0.817. The third kappa shape index (κ3) is 3.91. The van der Waals surface area contributed by atoms with Crippen LogP contribution in [0.3, 0.4) is 0 Å². The summed E-state index contributed by atoms with van der Waals surface area (Å²) in [4.78, 5) is 12.2. The number of hydrogen-bond acceptors (Lipinski definition) is 3. The number of anilines is 2. The minimum atomic E-state index is -3.00. The molecule has 0 unspecified atom stereocenters. The molecule has 2 rings (SSSR count). The van der Waals surface area contributed by atoms with Crippen LogP contribution in [0.5, 0.6) is 5.75 Å². The predicted octanol–water partition coefficient (Wildman–Crippen LogP) is 3.89. The molecule has 21 heavy (non-hydrogen) atoms. The van der Waals surface area contributed by atoms with Crippen LogP contribution >= 0.6 is 15.9 Å². The number of alkyl halides is 2. The average molecular weight is 357 g/mol. The van der Waals surface area contributed by atoms with Crippen molar-refractivity contribution in [1.29, 1.82) is 0 Å². The molecule has 3 N–H and O–H groups in total. The van der Waals surface area contributed by atoms with E-state index in [-0.39, 0.29) is 11.3 Å². The number of amides is 1. The van der Waals surface area contributed by atoms with E-state index in [1.54, 1.807) is 24.3 Å². The number of para-hydroxylation sites is 1. The van der Waals surface area contributed by atoms with E-state index >= 15 is 0 Å². The van der Waals surface area contributed by atoms with Crippen LogP contribution in [-0.4, -0.2) is 12.5 Å². The van der Waals surface area contributed by atoms with E-state index in [1.807, 2.05) is 0 Å². The lowest BCUT2D eigenvalue weighted by Gasteiger charge is -2.12. The molecular weight excluding hydrogens is 346 g/mol. The molecule has 0 radical (unpaired) electrons. The fourth-order valence-electron chi connectivity index (χ4n) is 1.69. The highest BCUT2D eigenvalue weighted by Gasteiger charge is 2.16. The van der Waals surface area contributed by atoms with Crippen LogP contribution < -0.4 is 15.8 Å². The van der Waals surface area contributed by atoms with Gasteiger partial charge in [0.1, 0.15) is 5.75 Å². The molecular formula is C14H11BrF2N2O2. The molecule has 0 aromatic heterocycles. The van der Waals surface area contributed by atoms with Crippen molar-refractivity contribution >= 4 is 33.2 Å². The molecule has 0 fully saturated rings. The molecule has 2 aromatic carbocycles. The topological polar surface area (TPSA) is 64.3 Å². The van der Waals surface area contributed by atoms with Gasteiger partial charge in [0.2, 0.25) is 0 Å². The van der Waals surface area contributed by atoms with Crippen molar-refractivity contribution in [2.75, 3.05) is 11.1 Å². The molecule has 0 saturated heterocycles. The molecule has 0 bridgehead atoms. The largest absolute Gasteiger partial charge is 0.434 e. The molecule has 0 atom stereocenters. The normalized spacial score (nSPS) is 10.5. The molecule has 0 aliphatic heterocycles. The number of nitrogens with two attached hydrogens (primary N) is 1. The van der Waals surface area contributed by atoms with E-state index in [4.69, 9.17) is 5.73 Å². The molecule has 110 valence electrons. The Morgan fingerprint density at radius 2 is 1.95 bits per heavy atom. The highest BCUT2D eigenvalue weighted by molar-refractivity contribution is 9.10. The van der Waals surface area contributed by atoms with E-state index in [0.717, 1.165) is 4.47 Å². The number of hydrogen-bond donors (Lipinski definition) is 2. The Kier molecular flexibility index (Phi) is 4.74. The molecule has 2 aromatic rings. The van der Waals surface area contributed by atoms with E-state index < -0.39 is 12.5 Å². The van der Waals surface area contributed by atoms with Crippen molar-refractivity contribution in [3.05, 3.63) is 52.5 Å². The summed E-state index contributed by atoms with van der Waals surface area (Å²) in [5.74, 6) is -0.777. The lowest BCUT2D eigenvalue weighted by atomic mass is 10.1. The number of rotatable bonds is 4. The van der Waals surface area contributed by atoms with Crippen LogP contribution in [0.25, 0.3) is 0 Å². The highest BCUT2D eigenvalue weighted by atomic mass is 79.9. The summed E-state index contributed by atoms with van der Waals surface area (Å²) in [6.45, 7) is -3.00. The molecule has 0 heterocycles. The molecule has 7 heteroatoms. The summed E-state index contributed by atoms with van der Waals surface area (Å²) in [5.41, 5.74) is 6.51. The lowest BCUT2D eigenvalue weighted by molar-refractivity contribution is -0.0501. The first kappa shape index (κ1) is 15.2. The van der Waals surface area contributed by atoms with Gasteiger partial charge in [-0.3, -0.25) is 4.79 Å². The summed E-state index contributed by atoms with van der Waals surface area (Å²) in [6.07, 6.45) is 0. The third-order valence-corrected chi connectivity index (χ3v) is 3.10. The standard InChI is InChI=1S/C14H11BrF2N2O2/c15-8-5-6-11(10(18)7-8)19-13(20)9-3-1-2-4-12(9)21-14(16)17/h1-7,14H,18H2,(H,19,20). The summed E-state index contributed by atoms with van der Waals surface area (Å²) in [5, 5.41) is 2.56. The van der Waals surface area contributed by atoms with Gasteiger partial charge in [-0.2, -0.15) is 8.78 Å². The zero-order valence-corrected chi connectivity index (χ0v) is 12.2. The van der Waals surface area contributed by atoms with Gasteiger partial charge in [0.15, 0.2) is 0 Å². The SMILES string of the molecule is Nc1cc(Br)ccc1NC(=O)c1ccccc1OC(F)F. The Morgan fingerprint density at radius 1 is 1.24 bits per heavy atom. The van der Waals surface area contributed by atoms with Crippen LogP contribution in [0.15, 0.2) is 46.9 Å². The molecule has 0 spiro atoms. The van der Waals surface area contributed by atoms with Crippen LogP contribution in [0.4, 0.5) is 20.2 Å². The van der Waals surface area contributed by atoms with E-state index in [2.05, 4.69) is 26.0 Å². The fourth-order valence-corrected chi connectivity index (χ4v) is 2.07. The van der Waals surface area contributed by atoms with Crippen molar-refractivity contribution in [2.45, 2.75) is 6.61 Å². The Hall–Kier alpha value is -2.15. The molecule has 1 amide bonds. The summed E-state index contributed by atoms with van der Waals surface area (Å²) >= 11 is 3.25. The van der Waals surface area contributed by atoms with Crippen LogP contribution in [0.2, 0.25) is 0 Å². The van der Waals surface area contributed by atoms with Gasteiger partial charge in [0.05, 0.1) is 16.9 Å². The van der Waals surface area contributed by atoms with Crippen molar-refractivity contribution in [2.24, 2.45) is 0 Å². The van der Waals surface area contributed by atoms with Gasteiger partial charge >= 0.3 is 6.61 Å². The third-order valence-electron chi connectivity index (χ3n) is 2.61. The Balaban J connectivity index is 2.24. The van der Waals surface area contributed by atoms with Crippen molar-refractivity contribution in [3.63, 3.8) is 0 Å². The van der Waals surface area contributed by atoms with Crippen molar-refractivity contribution < 1.29 is 18.3 Å². The summed E-state index contributed by atoms with van der Waals surface area (Å²) in [7, 11) is 0. The van der Waals surface area contributed by atoms with E-state index in [0.29, 0.717) is 11.4 Å². The zero-order chi connectivity index (χ0) is 15.4. The van der Waals surface area contributed by atoms with Crippen LogP contribution in [0.1, 0.15) is 10.4 Å². The Bertz CT molecular complexity index is 665. The first-order valence-corrected chi connectivity index (χ1v) is 6.67. The molecule has 0 aliphatic rings. The summed E-state index contributed by atoms with van der Waals surface area (Å²) in [6, 6.07) is 10.7. The van der Waals surface area contributed by atoms with E-state index in [1.165, 1.54) is 18.2 Å². The minimum Gasteiger partial charge on any atom is -0.434 e. The summed E-state index contributed by atoms with van der Waals surface area (Å²) < 4.78 is 29.7. The first-order chi connectivity index (χ1) is 9.97. The van der Waals surface area contributed by atoms with Gasteiger partial charge in [-0.15, -0.1) is 0 Å². The van der Waals surface area contributed by atoms with Crippen LogP contribution in [-0.2, 0) is 0 Å². The maximum absolute atomic E-state index is 12.3. The minimum absolute atomic E-state index is 0.000110. The van der Waals surface area contributed by atoms with Gasteiger partial charge < -0.3 is 15.8 Å². The zero-order valence-electron chi connectivity index (χ0n) is 10.6. The van der Waals surface area contributed by atoms with Gasteiger partial charge in [0.25, 0.3) is 5.91 Å². The number of carbonyl (C=O) groups excluding carboxylic acids is 1. The number of ether oxygens (including phenoxy) is 1. The second-order valence-corrected chi connectivity index (χ2v) is 4.98.